The molecule has 0 radical (unpaired) electrons. The van der Waals surface area contributed by atoms with E-state index >= 15 is 0 Å². The number of piperidine rings is 1. The van der Waals surface area contributed by atoms with Crippen molar-refractivity contribution < 1.29 is 9.59 Å². The van der Waals surface area contributed by atoms with Crippen LogP contribution >= 0.6 is 0 Å². The first kappa shape index (κ1) is 20.3. The highest BCUT2D eigenvalue weighted by Gasteiger charge is 2.27. The van der Waals surface area contributed by atoms with Gasteiger partial charge in [-0.15, -0.1) is 0 Å². The number of aryl methyl sites for hydroxylation is 1. The van der Waals surface area contributed by atoms with Crippen LogP contribution in [0.15, 0.2) is 29.3 Å². The molecule has 1 aromatic carbocycles. The monoisotopic (exact) mass is 385 g/mol. The van der Waals surface area contributed by atoms with Crippen molar-refractivity contribution in [3.8, 4) is 0 Å². The first-order valence-corrected chi connectivity index (χ1v) is 10.1. The molecule has 2 N–H and O–H groups in total. The minimum Gasteiger partial charge on any atom is -0.346 e. The van der Waals surface area contributed by atoms with Crippen molar-refractivity contribution in [2.24, 2.45) is 16.8 Å². The number of carbonyl (C=O) groups excluding carboxylic acids is 2. The Morgan fingerprint density at radius 2 is 1.89 bits per heavy atom. The maximum absolute atomic E-state index is 12.7. The third kappa shape index (κ3) is 5.10. The molecule has 0 spiro atoms. The fourth-order valence-electron chi connectivity index (χ4n) is 4.11. The minimum absolute atomic E-state index is 0.0000436. The topological polar surface area (TPSA) is 77.0 Å². The molecule has 2 aliphatic rings. The number of nitrogens with zero attached hydrogens (tertiary/aromatic N) is 3. The highest BCUT2D eigenvalue weighted by Crippen LogP contribution is 2.21. The summed E-state index contributed by atoms with van der Waals surface area (Å²) in [6.45, 7) is 11.5. The van der Waals surface area contributed by atoms with Gasteiger partial charge in [-0.2, -0.15) is 0 Å². The summed E-state index contributed by atoms with van der Waals surface area (Å²) in [4.78, 5) is 31.4. The van der Waals surface area contributed by atoms with Crippen LogP contribution in [0.1, 0.15) is 32.8 Å². The van der Waals surface area contributed by atoms with Crippen LogP contribution in [0.4, 0.5) is 5.69 Å². The number of benzene rings is 1. The molecule has 2 heterocycles. The van der Waals surface area contributed by atoms with E-state index in [-0.39, 0.29) is 30.2 Å². The zero-order chi connectivity index (χ0) is 20.3. The number of hydrogen-bond donors (Lipinski definition) is 2. The number of hydrogen-bond acceptors (Lipinski definition) is 5. The third-order valence-electron chi connectivity index (χ3n) is 5.20. The van der Waals surface area contributed by atoms with Crippen molar-refractivity contribution in [2.45, 2.75) is 40.2 Å². The lowest BCUT2D eigenvalue weighted by molar-refractivity contribution is -0.118. The maximum atomic E-state index is 12.7. The van der Waals surface area contributed by atoms with Crippen molar-refractivity contribution in [2.75, 3.05) is 31.2 Å². The average Bonchev–Trinajstić information content (AvgIpc) is 2.62. The second-order valence-electron chi connectivity index (χ2n) is 8.38. The summed E-state index contributed by atoms with van der Waals surface area (Å²) >= 11 is 0. The average molecular weight is 386 g/mol. The number of nitrogens with one attached hydrogen (secondary N) is 2. The first-order valence-electron chi connectivity index (χ1n) is 10.1. The van der Waals surface area contributed by atoms with Crippen LogP contribution in [0.2, 0.25) is 0 Å². The molecule has 3 rings (SSSR count). The molecule has 0 saturated carbocycles. The molecule has 152 valence electrons. The van der Waals surface area contributed by atoms with E-state index in [1.165, 1.54) is 11.4 Å². The van der Waals surface area contributed by atoms with Crippen molar-refractivity contribution in [3.63, 3.8) is 0 Å². The van der Waals surface area contributed by atoms with E-state index in [4.69, 9.17) is 0 Å². The van der Waals surface area contributed by atoms with E-state index < -0.39 is 0 Å². The summed E-state index contributed by atoms with van der Waals surface area (Å²) in [5, 5.41) is 4.40. The fourth-order valence-corrected chi connectivity index (χ4v) is 4.11. The maximum Gasteiger partial charge on any atom is 0.288 e. The Labute approximate surface area is 167 Å². The van der Waals surface area contributed by atoms with E-state index in [1.807, 2.05) is 38.1 Å². The summed E-state index contributed by atoms with van der Waals surface area (Å²) in [5.74, 6) is 1.07. The fraction of sp³-hybridized carbons (Fsp3) is 0.571. The second kappa shape index (κ2) is 8.73. The van der Waals surface area contributed by atoms with Gasteiger partial charge >= 0.3 is 0 Å². The standard InChI is InChI=1S/C21H31N5O2/c1-14-5-7-18(8-6-14)26-19(27)10-22-20(24-26)21(28)23-17(4)13-25-11-15(2)9-16(3)12-25/h5-8,15-17H,9-13H2,1-4H3,(H,22,24)(H,23,28). The Bertz CT molecular complexity index is 736. The smallest absolute Gasteiger partial charge is 0.288 e. The molecular formula is C21H31N5O2. The predicted octanol–water partition coefficient (Wildman–Crippen LogP) is 1.73. The Morgan fingerprint density at radius 1 is 1.25 bits per heavy atom. The number of anilines is 1. The van der Waals surface area contributed by atoms with Gasteiger partial charge in [0, 0.05) is 25.7 Å². The number of carbonyl (C=O) groups is 2. The lowest BCUT2D eigenvalue weighted by Gasteiger charge is -2.36. The summed E-state index contributed by atoms with van der Waals surface area (Å²) < 4.78 is 0. The van der Waals surface area contributed by atoms with Crippen molar-refractivity contribution in [1.29, 1.82) is 0 Å². The Balaban J connectivity index is 1.57. The summed E-state index contributed by atoms with van der Waals surface area (Å²) in [6, 6.07) is 7.56. The molecule has 1 aromatic rings. The molecule has 7 nitrogen and oxygen atoms in total. The van der Waals surface area contributed by atoms with Gasteiger partial charge < -0.3 is 10.2 Å². The molecule has 1 fully saturated rings. The van der Waals surface area contributed by atoms with Crippen LogP contribution in [0.5, 0.6) is 0 Å². The number of amidine groups is 1. The van der Waals surface area contributed by atoms with E-state index in [0.717, 1.165) is 25.2 Å². The highest BCUT2D eigenvalue weighted by atomic mass is 16.2. The quantitative estimate of drug-likeness (QED) is 0.809. The molecule has 3 unspecified atom stereocenters. The number of rotatable bonds is 5. The van der Waals surface area contributed by atoms with Gasteiger partial charge in [0.15, 0.2) is 0 Å². The number of likely N-dealkylation sites (tertiary alicyclic amines) is 1. The molecule has 0 aliphatic carbocycles. The molecule has 28 heavy (non-hydrogen) atoms. The van der Waals surface area contributed by atoms with E-state index in [9.17, 15) is 9.59 Å². The number of amides is 2. The van der Waals surface area contributed by atoms with E-state index in [0.29, 0.717) is 17.5 Å². The SMILES string of the molecule is Cc1ccc(N2NC(C(=O)NC(C)CN3CC(C)CC(C)C3)=NCC2=O)cc1. The van der Waals surface area contributed by atoms with E-state index in [2.05, 4.69) is 34.5 Å². The van der Waals surface area contributed by atoms with Gasteiger partial charge in [0.1, 0.15) is 6.54 Å². The van der Waals surface area contributed by atoms with E-state index in [1.54, 1.807) is 0 Å². The van der Waals surface area contributed by atoms with Crippen molar-refractivity contribution in [3.05, 3.63) is 29.8 Å². The molecular weight excluding hydrogens is 354 g/mol. The third-order valence-corrected chi connectivity index (χ3v) is 5.20. The van der Waals surface area contributed by atoms with Crippen molar-refractivity contribution in [1.82, 2.24) is 15.6 Å². The molecule has 0 aromatic heterocycles. The van der Waals surface area contributed by atoms with Gasteiger partial charge in [0.2, 0.25) is 5.84 Å². The zero-order valence-corrected chi connectivity index (χ0v) is 17.2. The van der Waals surface area contributed by atoms with Gasteiger partial charge in [-0.1, -0.05) is 31.5 Å². The second-order valence-corrected chi connectivity index (χ2v) is 8.38. The summed E-state index contributed by atoms with van der Waals surface area (Å²) in [6.07, 6.45) is 1.26. The van der Waals surface area contributed by atoms with Gasteiger partial charge in [0.05, 0.1) is 5.69 Å². The van der Waals surface area contributed by atoms with Crippen LogP contribution in [0, 0.1) is 18.8 Å². The van der Waals surface area contributed by atoms with Gasteiger partial charge in [-0.3, -0.25) is 20.0 Å². The van der Waals surface area contributed by atoms with Crippen LogP contribution in [-0.2, 0) is 9.59 Å². The molecule has 2 aliphatic heterocycles. The Kier molecular flexibility index (Phi) is 6.34. The van der Waals surface area contributed by atoms with Crippen LogP contribution in [0.3, 0.4) is 0 Å². The lowest BCUT2D eigenvalue weighted by Crippen LogP contribution is -2.57. The molecule has 3 atom stereocenters. The molecule has 7 heteroatoms. The normalized spacial score (nSPS) is 24.4. The largest absolute Gasteiger partial charge is 0.346 e. The van der Waals surface area contributed by atoms with Crippen LogP contribution in [-0.4, -0.2) is 54.8 Å². The van der Waals surface area contributed by atoms with Gasteiger partial charge in [-0.25, -0.2) is 5.01 Å². The lowest BCUT2D eigenvalue weighted by atomic mass is 9.92. The van der Waals surface area contributed by atoms with Crippen LogP contribution in [0.25, 0.3) is 0 Å². The Morgan fingerprint density at radius 3 is 2.54 bits per heavy atom. The summed E-state index contributed by atoms with van der Waals surface area (Å²) in [5.41, 5.74) is 4.67. The predicted molar refractivity (Wildman–Crippen MR) is 111 cm³/mol. The van der Waals surface area contributed by atoms with Gasteiger partial charge in [0.25, 0.3) is 11.8 Å². The minimum atomic E-state index is -0.282. The number of aliphatic imine (C=N–C) groups is 1. The highest BCUT2D eigenvalue weighted by molar-refractivity contribution is 6.39. The Hall–Kier alpha value is -2.41. The van der Waals surface area contributed by atoms with Gasteiger partial charge in [-0.05, 0) is 44.2 Å². The zero-order valence-electron chi connectivity index (χ0n) is 17.2. The van der Waals surface area contributed by atoms with Crippen LogP contribution < -0.4 is 15.8 Å². The number of hydrazine groups is 1. The summed E-state index contributed by atoms with van der Waals surface area (Å²) in [7, 11) is 0. The van der Waals surface area contributed by atoms with Crippen molar-refractivity contribution >= 4 is 23.3 Å². The first-order chi connectivity index (χ1) is 13.3. The molecule has 0 bridgehead atoms. The molecule has 2 amide bonds. The molecule has 1 saturated heterocycles.